The molecule has 0 unspecified atom stereocenters. The van der Waals surface area contributed by atoms with E-state index in [9.17, 15) is 4.79 Å². The van der Waals surface area contributed by atoms with Crippen LogP contribution in [-0.4, -0.2) is 45.1 Å². The summed E-state index contributed by atoms with van der Waals surface area (Å²) in [7, 11) is 0. The summed E-state index contributed by atoms with van der Waals surface area (Å²) in [6.07, 6.45) is 0. The number of amides is 1. The molecule has 0 aliphatic heterocycles. The molecule has 0 atom stereocenters. The van der Waals surface area contributed by atoms with E-state index < -0.39 is 29.8 Å². The third-order valence-corrected chi connectivity index (χ3v) is 2.20. The zero-order valence-corrected chi connectivity index (χ0v) is 6.67. The number of hydrogen-bond donors (Lipinski definition) is 4. The van der Waals surface area contributed by atoms with Gasteiger partial charge in [0.15, 0.2) is 0 Å². The van der Waals surface area contributed by atoms with Gasteiger partial charge in [0.1, 0.15) is 0 Å². The minimum Gasteiger partial charge on any atom is -0.395 e. The third kappa shape index (κ3) is 3.06. The summed E-state index contributed by atoms with van der Waals surface area (Å²) in [5.41, 5.74) is 4.80. The Hall–Kier alpha value is -0.300. The van der Waals surface area contributed by atoms with Crippen molar-refractivity contribution in [1.29, 1.82) is 0 Å². The SMILES string of the molecule is NC(=O)SC(CO)(CO)CO. The first-order valence-corrected chi connectivity index (χ1v) is 3.73. The van der Waals surface area contributed by atoms with Crippen LogP contribution >= 0.6 is 11.8 Å². The Morgan fingerprint density at radius 1 is 1.27 bits per heavy atom. The predicted octanol–water partition coefficient (Wildman–Crippen LogP) is -1.49. The molecule has 0 radical (unpaired) electrons. The molecule has 0 aromatic rings. The Morgan fingerprint density at radius 2 is 1.64 bits per heavy atom. The number of carbonyl (C=O) groups excluding carboxylic acids is 1. The van der Waals surface area contributed by atoms with Crippen LogP contribution in [0.1, 0.15) is 0 Å². The highest BCUT2D eigenvalue weighted by atomic mass is 32.2. The number of aliphatic hydroxyl groups excluding tert-OH is 3. The van der Waals surface area contributed by atoms with Gasteiger partial charge in [-0.2, -0.15) is 0 Å². The quantitative estimate of drug-likeness (QED) is 0.423. The topological polar surface area (TPSA) is 104 Å². The van der Waals surface area contributed by atoms with Crippen molar-refractivity contribution in [3.63, 3.8) is 0 Å². The van der Waals surface area contributed by atoms with Crippen molar-refractivity contribution in [2.24, 2.45) is 5.73 Å². The third-order valence-electron chi connectivity index (χ3n) is 1.18. The minimum atomic E-state index is -1.24. The van der Waals surface area contributed by atoms with Gasteiger partial charge in [0, 0.05) is 0 Å². The van der Waals surface area contributed by atoms with Gasteiger partial charge in [-0.15, -0.1) is 0 Å². The summed E-state index contributed by atoms with van der Waals surface area (Å²) in [6.45, 7) is -1.48. The second kappa shape index (κ2) is 4.55. The van der Waals surface area contributed by atoms with Gasteiger partial charge in [0.05, 0.1) is 24.6 Å². The van der Waals surface area contributed by atoms with E-state index in [0.717, 1.165) is 0 Å². The highest BCUT2D eigenvalue weighted by molar-refractivity contribution is 8.14. The summed E-state index contributed by atoms with van der Waals surface area (Å²) in [6, 6.07) is 0. The van der Waals surface area contributed by atoms with Gasteiger partial charge >= 0.3 is 0 Å². The number of primary amides is 1. The molecule has 66 valence electrons. The van der Waals surface area contributed by atoms with Gasteiger partial charge in [0.25, 0.3) is 5.24 Å². The molecule has 5 nitrogen and oxygen atoms in total. The van der Waals surface area contributed by atoms with Gasteiger partial charge < -0.3 is 21.1 Å². The smallest absolute Gasteiger partial charge is 0.277 e. The lowest BCUT2D eigenvalue weighted by atomic mass is 10.2. The molecule has 0 rings (SSSR count). The van der Waals surface area contributed by atoms with Crippen molar-refractivity contribution in [1.82, 2.24) is 0 Å². The van der Waals surface area contributed by atoms with Crippen LogP contribution in [0.25, 0.3) is 0 Å². The van der Waals surface area contributed by atoms with E-state index in [4.69, 9.17) is 21.1 Å². The molecule has 0 aliphatic rings. The van der Waals surface area contributed by atoms with Gasteiger partial charge in [-0.05, 0) is 0 Å². The van der Waals surface area contributed by atoms with E-state index in [-0.39, 0.29) is 0 Å². The zero-order chi connectivity index (χ0) is 8.91. The average Bonchev–Trinajstić information content (AvgIpc) is 2.00. The number of carbonyl (C=O) groups is 1. The Bertz CT molecular complexity index is 128. The lowest BCUT2D eigenvalue weighted by molar-refractivity contribution is 0.120. The molecule has 0 aliphatic carbocycles. The number of hydrogen-bond acceptors (Lipinski definition) is 5. The standard InChI is InChI=1S/C5H11NO4S/c6-4(10)11-5(1-7,2-8)3-9/h7-9H,1-3H2,(H2,6,10). The van der Waals surface area contributed by atoms with Crippen molar-refractivity contribution in [3.05, 3.63) is 0 Å². The lowest BCUT2D eigenvalue weighted by Gasteiger charge is -2.24. The number of thioether (sulfide) groups is 1. The molecular formula is C5H11NO4S. The fraction of sp³-hybridized carbons (Fsp3) is 0.800. The Balaban J connectivity index is 4.16. The zero-order valence-electron chi connectivity index (χ0n) is 5.86. The van der Waals surface area contributed by atoms with E-state index in [2.05, 4.69) is 0 Å². The Labute approximate surface area is 68.2 Å². The van der Waals surface area contributed by atoms with Crippen LogP contribution in [0.2, 0.25) is 0 Å². The number of aliphatic hydroxyl groups is 3. The van der Waals surface area contributed by atoms with Crippen LogP contribution in [0.15, 0.2) is 0 Å². The molecule has 0 fully saturated rings. The van der Waals surface area contributed by atoms with Crippen LogP contribution in [0.4, 0.5) is 4.79 Å². The molecule has 6 heteroatoms. The molecule has 1 amide bonds. The largest absolute Gasteiger partial charge is 0.395 e. The second-order valence-electron chi connectivity index (χ2n) is 2.08. The molecule has 0 saturated heterocycles. The molecule has 11 heavy (non-hydrogen) atoms. The monoisotopic (exact) mass is 181 g/mol. The molecule has 0 spiro atoms. The van der Waals surface area contributed by atoms with Crippen LogP contribution in [0, 0.1) is 0 Å². The van der Waals surface area contributed by atoms with Crippen molar-refractivity contribution >= 4 is 17.0 Å². The van der Waals surface area contributed by atoms with E-state index in [1.54, 1.807) is 0 Å². The molecule has 0 heterocycles. The summed E-state index contributed by atoms with van der Waals surface area (Å²) >= 11 is 0.536. The first-order chi connectivity index (χ1) is 5.10. The maximum Gasteiger partial charge on any atom is 0.277 e. The summed E-state index contributed by atoms with van der Waals surface area (Å²) in [5, 5.41) is 25.3. The van der Waals surface area contributed by atoms with Gasteiger partial charge in [-0.3, -0.25) is 4.79 Å². The van der Waals surface area contributed by atoms with E-state index in [0.29, 0.717) is 11.8 Å². The van der Waals surface area contributed by atoms with Crippen LogP contribution < -0.4 is 5.73 Å². The Kier molecular flexibility index (Phi) is 4.43. The fourth-order valence-corrected chi connectivity index (χ4v) is 1.08. The second-order valence-corrected chi connectivity index (χ2v) is 3.55. The van der Waals surface area contributed by atoms with Crippen molar-refractivity contribution < 1.29 is 20.1 Å². The minimum absolute atomic E-state index is 0.492. The summed E-state index contributed by atoms with van der Waals surface area (Å²) < 4.78 is -1.24. The maximum absolute atomic E-state index is 10.3. The van der Waals surface area contributed by atoms with Crippen LogP contribution in [0.5, 0.6) is 0 Å². The number of rotatable bonds is 4. The molecule has 0 bridgehead atoms. The average molecular weight is 181 g/mol. The van der Waals surface area contributed by atoms with E-state index in [1.165, 1.54) is 0 Å². The summed E-state index contributed by atoms with van der Waals surface area (Å²) in [5.74, 6) is 0. The highest BCUT2D eigenvalue weighted by Crippen LogP contribution is 2.23. The molecule has 0 aromatic carbocycles. The van der Waals surface area contributed by atoms with Crippen molar-refractivity contribution in [2.45, 2.75) is 4.75 Å². The van der Waals surface area contributed by atoms with Gasteiger partial charge in [0.2, 0.25) is 0 Å². The van der Waals surface area contributed by atoms with Gasteiger partial charge in [-0.25, -0.2) is 0 Å². The van der Waals surface area contributed by atoms with E-state index >= 15 is 0 Å². The van der Waals surface area contributed by atoms with Crippen LogP contribution in [0.3, 0.4) is 0 Å². The highest BCUT2D eigenvalue weighted by Gasteiger charge is 2.31. The maximum atomic E-state index is 10.3. The van der Waals surface area contributed by atoms with Gasteiger partial charge in [-0.1, -0.05) is 11.8 Å². The lowest BCUT2D eigenvalue weighted by Crippen LogP contribution is -2.40. The fourth-order valence-electron chi connectivity index (χ4n) is 0.460. The van der Waals surface area contributed by atoms with Crippen molar-refractivity contribution in [3.8, 4) is 0 Å². The first kappa shape index (κ1) is 10.7. The van der Waals surface area contributed by atoms with Crippen LogP contribution in [-0.2, 0) is 0 Å². The van der Waals surface area contributed by atoms with E-state index in [1.807, 2.05) is 0 Å². The normalized spacial score (nSPS) is 11.5. The Morgan fingerprint density at radius 3 is 1.73 bits per heavy atom. The molecule has 5 N–H and O–H groups in total. The summed E-state index contributed by atoms with van der Waals surface area (Å²) in [4.78, 5) is 10.3. The molecule has 0 aromatic heterocycles. The molecular weight excluding hydrogens is 170 g/mol. The predicted molar refractivity (Wildman–Crippen MR) is 41.2 cm³/mol. The molecule has 0 saturated carbocycles. The number of nitrogens with two attached hydrogens (primary N) is 1. The first-order valence-electron chi connectivity index (χ1n) is 2.91. The van der Waals surface area contributed by atoms with Crippen molar-refractivity contribution in [2.75, 3.05) is 19.8 Å².